The molecule has 0 radical (unpaired) electrons. The monoisotopic (exact) mass is 360 g/mol. The van der Waals surface area contributed by atoms with Crippen LogP contribution in [0.25, 0.3) is 16.6 Å². The lowest BCUT2D eigenvalue weighted by atomic mass is 10.0. The Morgan fingerprint density at radius 2 is 2.12 bits per heavy atom. The minimum atomic E-state index is -3.21. The van der Waals surface area contributed by atoms with Crippen molar-refractivity contribution in [3.8, 4) is 5.75 Å². The van der Waals surface area contributed by atoms with Crippen LogP contribution in [0.15, 0.2) is 12.1 Å². The van der Waals surface area contributed by atoms with Gasteiger partial charge >= 0.3 is 6.11 Å². The molecule has 0 spiro atoms. The van der Waals surface area contributed by atoms with Gasteiger partial charge in [-0.15, -0.1) is 5.10 Å². The standard InChI is InChI=1S/C17H18F2N6O/c18-17(19)6-5-9-3-4-10-13(14(9)26-17)23-16(21)25-15(10)22-12(24-25)7-11(20)8-1-2-8/h3-4,8,11H,1-2,5-7,20H2,(H2,21,23)/t11-/m1/s1. The Labute approximate surface area is 147 Å². The molecule has 1 atom stereocenters. The first-order valence-electron chi connectivity index (χ1n) is 8.70. The minimum Gasteiger partial charge on any atom is -0.430 e. The van der Waals surface area contributed by atoms with E-state index in [0.717, 1.165) is 12.8 Å². The molecule has 3 aromatic rings. The van der Waals surface area contributed by atoms with Gasteiger partial charge in [0.1, 0.15) is 5.52 Å². The minimum absolute atomic E-state index is 0.0163. The van der Waals surface area contributed by atoms with Gasteiger partial charge in [-0.1, -0.05) is 6.07 Å². The van der Waals surface area contributed by atoms with Crippen LogP contribution in [-0.4, -0.2) is 31.7 Å². The highest BCUT2D eigenvalue weighted by atomic mass is 19.3. The third-order valence-electron chi connectivity index (χ3n) is 5.13. The average molecular weight is 360 g/mol. The van der Waals surface area contributed by atoms with E-state index in [0.29, 0.717) is 34.8 Å². The number of anilines is 1. The van der Waals surface area contributed by atoms with Crippen molar-refractivity contribution in [1.82, 2.24) is 19.6 Å². The summed E-state index contributed by atoms with van der Waals surface area (Å²) in [6.07, 6.45) is -0.513. The van der Waals surface area contributed by atoms with Gasteiger partial charge < -0.3 is 16.2 Å². The largest absolute Gasteiger partial charge is 0.430 e. The summed E-state index contributed by atoms with van der Waals surface area (Å²) in [6.45, 7) is 0. The molecular formula is C17H18F2N6O. The Morgan fingerprint density at radius 1 is 1.31 bits per heavy atom. The number of alkyl halides is 2. The van der Waals surface area contributed by atoms with E-state index in [1.54, 1.807) is 6.07 Å². The molecule has 2 aromatic heterocycles. The van der Waals surface area contributed by atoms with Gasteiger partial charge in [0, 0.05) is 17.8 Å². The van der Waals surface area contributed by atoms with Gasteiger partial charge in [0.2, 0.25) is 5.95 Å². The van der Waals surface area contributed by atoms with Crippen molar-refractivity contribution in [2.24, 2.45) is 11.7 Å². The molecule has 7 nitrogen and oxygen atoms in total. The first kappa shape index (κ1) is 15.7. The fourth-order valence-corrected chi connectivity index (χ4v) is 3.53. The number of hydrogen-bond acceptors (Lipinski definition) is 6. The van der Waals surface area contributed by atoms with Crippen molar-refractivity contribution < 1.29 is 13.5 Å². The zero-order valence-electron chi connectivity index (χ0n) is 14.0. The summed E-state index contributed by atoms with van der Waals surface area (Å²) in [5, 5.41) is 4.98. The summed E-state index contributed by atoms with van der Waals surface area (Å²) < 4.78 is 33.8. The van der Waals surface area contributed by atoms with Crippen molar-refractivity contribution >= 4 is 22.5 Å². The molecule has 0 bridgehead atoms. The lowest BCUT2D eigenvalue weighted by Crippen LogP contribution is -2.29. The van der Waals surface area contributed by atoms with Gasteiger partial charge in [-0.25, -0.2) is 9.97 Å². The third-order valence-corrected chi connectivity index (χ3v) is 5.13. The number of rotatable bonds is 3. The Kier molecular flexibility index (Phi) is 3.15. The van der Waals surface area contributed by atoms with Gasteiger partial charge in [-0.05, 0) is 36.8 Å². The predicted molar refractivity (Wildman–Crippen MR) is 91.0 cm³/mol. The van der Waals surface area contributed by atoms with Crippen LogP contribution in [0, 0.1) is 5.92 Å². The Balaban J connectivity index is 1.66. The molecule has 0 saturated heterocycles. The average Bonchev–Trinajstić information content (AvgIpc) is 3.35. The van der Waals surface area contributed by atoms with Crippen LogP contribution < -0.4 is 16.2 Å². The highest BCUT2D eigenvalue weighted by Crippen LogP contribution is 2.40. The predicted octanol–water partition coefficient (Wildman–Crippen LogP) is 2.06. The Hall–Kier alpha value is -2.55. The van der Waals surface area contributed by atoms with Gasteiger partial charge in [0.25, 0.3) is 0 Å². The number of hydrogen-bond donors (Lipinski definition) is 2. The van der Waals surface area contributed by atoms with Crippen molar-refractivity contribution in [3.05, 3.63) is 23.5 Å². The number of ether oxygens (including phenoxy) is 1. The highest BCUT2D eigenvalue weighted by Gasteiger charge is 2.37. The van der Waals surface area contributed by atoms with E-state index in [4.69, 9.17) is 16.2 Å². The number of fused-ring (bicyclic) bond motifs is 5. The maximum Gasteiger partial charge on any atom is 0.398 e. The van der Waals surface area contributed by atoms with E-state index in [1.165, 1.54) is 4.52 Å². The number of aryl methyl sites for hydroxylation is 1. The maximum absolute atomic E-state index is 13.7. The molecule has 0 amide bonds. The molecule has 0 unspecified atom stereocenters. The van der Waals surface area contributed by atoms with Crippen LogP contribution in [0.3, 0.4) is 0 Å². The second-order valence-electron chi connectivity index (χ2n) is 7.13. The first-order chi connectivity index (χ1) is 12.4. The van der Waals surface area contributed by atoms with E-state index < -0.39 is 6.11 Å². The first-order valence-corrected chi connectivity index (χ1v) is 8.70. The molecule has 1 aromatic carbocycles. The van der Waals surface area contributed by atoms with Crippen molar-refractivity contribution in [2.75, 3.05) is 5.73 Å². The normalized spacial score (nSPS) is 20.1. The summed E-state index contributed by atoms with van der Waals surface area (Å²) in [5.74, 6) is 1.26. The van der Waals surface area contributed by atoms with Crippen LogP contribution in [0.4, 0.5) is 14.7 Å². The molecule has 3 heterocycles. The van der Waals surface area contributed by atoms with Crippen LogP contribution >= 0.6 is 0 Å². The van der Waals surface area contributed by atoms with Gasteiger partial charge in [0.15, 0.2) is 17.2 Å². The number of benzene rings is 1. The summed E-state index contributed by atoms with van der Waals surface area (Å²) in [5.41, 5.74) is 13.6. The number of nitrogens with zero attached hydrogens (tertiary/aromatic N) is 4. The zero-order chi connectivity index (χ0) is 18.1. The van der Waals surface area contributed by atoms with Crippen molar-refractivity contribution in [3.63, 3.8) is 0 Å². The summed E-state index contributed by atoms with van der Waals surface area (Å²) >= 11 is 0. The fourth-order valence-electron chi connectivity index (χ4n) is 3.53. The molecule has 2 aliphatic rings. The number of halogens is 2. The second-order valence-corrected chi connectivity index (χ2v) is 7.13. The fraction of sp³-hybridized carbons (Fsp3) is 0.471. The number of nitrogen functional groups attached to an aromatic ring is 1. The number of aromatic nitrogens is 4. The third kappa shape index (κ3) is 2.45. The topological polar surface area (TPSA) is 104 Å². The van der Waals surface area contributed by atoms with Gasteiger partial charge in [0.05, 0.1) is 6.42 Å². The van der Waals surface area contributed by atoms with Crippen LogP contribution in [0.5, 0.6) is 5.75 Å². The summed E-state index contributed by atoms with van der Waals surface area (Å²) in [6, 6.07) is 3.60. The molecule has 26 heavy (non-hydrogen) atoms. The van der Waals surface area contributed by atoms with E-state index in [9.17, 15) is 8.78 Å². The molecule has 136 valence electrons. The van der Waals surface area contributed by atoms with Crippen LogP contribution in [0.1, 0.15) is 30.7 Å². The van der Waals surface area contributed by atoms with Crippen LogP contribution in [0.2, 0.25) is 0 Å². The second kappa shape index (κ2) is 5.23. The van der Waals surface area contributed by atoms with E-state index in [2.05, 4.69) is 15.1 Å². The van der Waals surface area contributed by atoms with Crippen molar-refractivity contribution in [2.45, 2.75) is 44.3 Å². The quantitative estimate of drug-likeness (QED) is 0.741. The zero-order valence-corrected chi connectivity index (χ0v) is 14.0. The molecule has 5 rings (SSSR count). The molecule has 1 saturated carbocycles. The molecule has 1 aliphatic carbocycles. The lowest BCUT2D eigenvalue weighted by Gasteiger charge is -2.25. The molecule has 1 aliphatic heterocycles. The van der Waals surface area contributed by atoms with E-state index in [-0.39, 0.29) is 36.1 Å². The Morgan fingerprint density at radius 3 is 2.88 bits per heavy atom. The van der Waals surface area contributed by atoms with E-state index >= 15 is 0 Å². The number of nitrogens with two attached hydrogens (primary N) is 2. The smallest absolute Gasteiger partial charge is 0.398 e. The Bertz CT molecular complexity index is 1030. The molecule has 9 heteroatoms. The maximum atomic E-state index is 13.7. The molecule has 1 fully saturated rings. The van der Waals surface area contributed by atoms with Crippen molar-refractivity contribution in [1.29, 1.82) is 0 Å². The van der Waals surface area contributed by atoms with Crippen LogP contribution in [-0.2, 0) is 12.8 Å². The van der Waals surface area contributed by atoms with Gasteiger partial charge in [-0.2, -0.15) is 13.3 Å². The van der Waals surface area contributed by atoms with E-state index in [1.807, 2.05) is 6.07 Å². The van der Waals surface area contributed by atoms with Gasteiger partial charge in [-0.3, -0.25) is 0 Å². The highest BCUT2D eigenvalue weighted by molar-refractivity contribution is 5.96. The lowest BCUT2D eigenvalue weighted by molar-refractivity contribution is -0.186. The summed E-state index contributed by atoms with van der Waals surface area (Å²) in [4.78, 5) is 8.82. The summed E-state index contributed by atoms with van der Waals surface area (Å²) in [7, 11) is 0. The SMILES string of the molecule is Nc1nc2c3c(ccc2c2nc(C[C@@H](N)C4CC4)nn12)CCC(F)(F)O3. The molecular weight excluding hydrogens is 342 g/mol. The molecule has 4 N–H and O–H groups in total.